The molecule has 0 bridgehead atoms. The molecule has 0 aliphatic heterocycles. The SMILES string of the molecule is CC1CCC(NC(=O)Cc2ccc(N)cn2)CC1. The van der Waals surface area contributed by atoms with Gasteiger partial charge in [-0.1, -0.05) is 6.92 Å². The van der Waals surface area contributed by atoms with Gasteiger partial charge >= 0.3 is 0 Å². The first-order chi connectivity index (χ1) is 8.63. The third kappa shape index (κ3) is 3.72. The van der Waals surface area contributed by atoms with E-state index in [1.807, 2.05) is 0 Å². The second-order valence-electron chi connectivity index (χ2n) is 5.28. The van der Waals surface area contributed by atoms with Gasteiger partial charge in [0, 0.05) is 11.7 Å². The third-order valence-corrected chi connectivity index (χ3v) is 3.57. The Hall–Kier alpha value is -1.58. The number of aromatic nitrogens is 1. The van der Waals surface area contributed by atoms with Crippen molar-refractivity contribution in [2.75, 3.05) is 5.73 Å². The van der Waals surface area contributed by atoms with E-state index in [1.54, 1.807) is 18.3 Å². The number of pyridine rings is 1. The van der Waals surface area contributed by atoms with Gasteiger partial charge in [-0.3, -0.25) is 9.78 Å². The van der Waals surface area contributed by atoms with Crippen molar-refractivity contribution in [3.8, 4) is 0 Å². The number of rotatable bonds is 3. The van der Waals surface area contributed by atoms with Crippen LogP contribution in [0.1, 0.15) is 38.3 Å². The van der Waals surface area contributed by atoms with Crippen LogP contribution in [0.5, 0.6) is 0 Å². The fraction of sp³-hybridized carbons (Fsp3) is 0.571. The van der Waals surface area contributed by atoms with E-state index in [0.29, 0.717) is 18.2 Å². The highest BCUT2D eigenvalue weighted by molar-refractivity contribution is 5.78. The molecule has 0 radical (unpaired) electrons. The van der Waals surface area contributed by atoms with Crippen molar-refractivity contribution in [1.82, 2.24) is 10.3 Å². The number of nitrogens with one attached hydrogen (secondary N) is 1. The molecule has 3 N–H and O–H groups in total. The van der Waals surface area contributed by atoms with Crippen LogP contribution in [0, 0.1) is 5.92 Å². The van der Waals surface area contributed by atoms with Crippen LogP contribution in [-0.2, 0) is 11.2 Å². The van der Waals surface area contributed by atoms with Gasteiger partial charge in [-0.2, -0.15) is 0 Å². The molecule has 0 unspecified atom stereocenters. The highest BCUT2D eigenvalue weighted by Crippen LogP contribution is 2.23. The number of nitrogens with two attached hydrogens (primary N) is 1. The van der Waals surface area contributed by atoms with E-state index in [0.717, 1.165) is 24.5 Å². The standard InChI is InChI=1S/C14H21N3O/c1-10-2-5-12(6-3-10)17-14(18)8-13-7-4-11(15)9-16-13/h4,7,9-10,12H,2-3,5-6,8,15H2,1H3,(H,17,18). The molecule has 0 aromatic carbocycles. The van der Waals surface area contributed by atoms with E-state index < -0.39 is 0 Å². The number of amides is 1. The quantitative estimate of drug-likeness (QED) is 0.857. The minimum absolute atomic E-state index is 0.0619. The Morgan fingerprint density at radius 1 is 1.39 bits per heavy atom. The van der Waals surface area contributed by atoms with E-state index in [-0.39, 0.29) is 5.91 Å². The van der Waals surface area contributed by atoms with Crippen molar-refractivity contribution in [2.45, 2.75) is 45.1 Å². The maximum atomic E-state index is 11.9. The summed E-state index contributed by atoms with van der Waals surface area (Å²) in [5, 5.41) is 3.09. The van der Waals surface area contributed by atoms with E-state index in [2.05, 4.69) is 17.2 Å². The van der Waals surface area contributed by atoms with Crippen LogP contribution in [0.25, 0.3) is 0 Å². The van der Waals surface area contributed by atoms with Gasteiger partial charge in [0.2, 0.25) is 5.91 Å². The first-order valence-corrected chi connectivity index (χ1v) is 6.63. The largest absolute Gasteiger partial charge is 0.397 e. The molecule has 1 aliphatic carbocycles. The Morgan fingerprint density at radius 3 is 2.72 bits per heavy atom. The van der Waals surface area contributed by atoms with Crippen LogP contribution in [0.2, 0.25) is 0 Å². The number of nitrogens with zero attached hydrogens (tertiary/aromatic N) is 1. The molecule has 1 aliphatic rings. The number of nitrogen functional groups attached to an aromatic ring is 1. The zero-order valence-electron chi connectivity index (χ0n) is 10.9. The first-order valence-electron chi connectivity index (χ1n) is 6.63. The van der Waals surface area contributed by atoms with Crippen LogP contribution in [0.15, 0.2) is 18.3 Å². The van der Waals surface area contributed by atoms with Gasteiger partial charge in [0.05, 0.1) is 18.3 Å². The van der Waals surface area contributed by atoms with Crippen LogP contribution in [0.3, 0.4) is 0 Å². The average Bonchev–Trinajstić information content (AvgIpc) is 2.35. The zero-order valence-corrected chi connectivity index (χ0v) is 10.9. The Morgan fingerprint density at radius 2 is 2.11 bits per heavy atom. The molecule has 1 amide bonds. The van der Waals surface area contributed by atoms with Crippen molar-refractivity contribution >= 4 is 11.6 Å². The maximum absolute atomic E-state index is 11.9. The summed E-state index contributed by atoms with van der Waals surface area (Å²) in [6.07, 6.45) is 6.55. The Kier molecular flexibility index (Phi) is 4.18. The van der Waals surface area contributed by atoms with Crippen molar-refractivity contribution in [2.24, 2.45) is 5.92 Å². The molecule has 0 spiro atoms. The predicted molar refractivity (Wildman–Crippen MR) is 71.9 cm³/mol. The summed E-state index contributed by atoms with van der Waals surface area (Å²) >= 11 is 0. The summed E-state index contributed by atoms with van der Waals surface area (Å²) in [5.74, 6) is 0.865. The lowest BCUT2D eigenvalue weighted by Crippen LogP contribution is -2.38. The molecule has 1 aromatic heterocycles. The Balaban J connectivity index is 1.80. The van der Waals surface area contributed by atoms with E-state index >= 15 is 0 Å². The summed E-state index contributed by atoms with van der Waals surface area (Å²) in [7, 11) is 0. The molecule has 0 saturated heterocycles. The third-order valence-electron chi connectivity index (χ3n) is 3.57. The molecule has 2 rings (SSSR count). The number of hydrogen-bond donors (Lipinski definition) is 2. The predicted octanol–water partition coefficient (Wildman–Crippen LogP) is 1.90. The summed E-state index contributed by atoms with van der Waals surface area (Å²) in [4.78, 5) is 16.0. The fourth-order valence-corrected chi connectivity index (χ4v) is 2.39. The van der Waals surface area contributed by atoms with Crippen LogP contribution in [0.4, 0.5) is 5.69 Å². The minimum atomic E-state index is 0.0619. The number of anilines is 1. The van der Waals surface area contributed by atoms with Gasteiger partial charge in [0.25, 0.3) is 0 Å². The van der Waals surface area contributed by atoms with E-state index in [1.165, 1.54) is 12.8 Å². The van der Waals surface area contributed by atoms with Gasteiger partial charge in [-0.25, -0.2) is 0 Å². The lowest BCUT2D eigenvalue weighted by Gasteiger charge is -2.26. The topological polar surface area (TPSA) is 68.0 Å². The highest BCUT2D eigenvalue weighted by Gasteiger charge is 2.19. The van der Waals surface area contributed by atoms with E-state index in [9.17, 15) is 4.79 Å². The summed E-state index contributed by atoms with van der Waals surface area (Å²) < 4.78 is 0. The summed E-state index contributed by atoms with van der Waals surface area (Å²) in [6, 6.07) is 3.93. The van der Waals surface area contributed by atoms with Crippen LogP contribution < -0.4 is 11.1 Å². The molecule has 1 aromatic rings. The molecule has 0 atom stereocenters. The number of carbonyl (C=O) groups excluding carboxylic acids is 1. The van der Waals surface area contributed by atoms with Crippen molar-refractivity contribution in [1.29, 1.82) is 0 Å². The first kappa shape index (κ1) is 12.9. The zero-order chi connectivity index (χ0) is 13.0. The van der Waals surface area contributed by atoms with Gasteiger partial charge in [-0.05, 0) is 43.7 Å². The second kappa shape index (κ2) is 5.85. The van der Waals surface area contributed by atoms with Crippen molar-refractivity contribution < 1.29 is 4.79 Å². The average molecular weight is 247 g/mol. The van der Waals surface area contributed by atoms with Gasteiger partial charge in [-0.15, -0.1) is 0 Å². The summed E-state index contributed by atoms with van der Waals surface area (Å²) in [5.41, 5.74) is 6.95. The molecule has 4 nitrogen and oxygen atoms in total. The Labute approximate surface area is 108 Å². The monoisotopic (exact) mass is 247 g/mol. The van der Waals surface area contributed by atoms with Crippen LogP contribution >= 0.6 is 0 Å². The van der Waals surface area contributed by atoms with Crippen molar-refractivity contribution in [3.05, 3.63) is 24.0 Å². The molecule has 1 heterocycles. The molecule has 4 heteroatoms. The maximum Gasteiger partial charge on any atom is 0.226 e. The lowest BCUT2D eigenvalue weighted by molar-refractivity contribution is -0.121. The number of hydrogen-bond acceptors (Lipinski definition) is 3. The number of carbonyl (C=O) groups is 1. The second-order valence-corrected chi connectivity index (χ2v) is 5.28. The molecular weight excluding hydrogens is 226 g/mol. The van der Waals surface area contributed by atoms with Crippen molar-refractivity contribution in [3.63, 3.8) is 0 Å². The van der Waals surface area contributed by atoms with E-state index in [4.69, 9.17) is 5.73 Å². The lowest BCUT2D eigenvalue weighted by atomic mass is 9.87. The molecule has 1 saturated carbocycles. The fourth-order valence-electron chi connectivity index (χ4n) is 2.39. The van der Waals surface area contributed by atoms with Crippen LogP contribution in [-0.4, -0.2) is 16.9 Å². The highest BCUT2D eigenvalue weighted by atomic mass is 16.1. The summed E-state index contributed by atoms with van der Waals surface area (Å²) in [6.45, 7) is 2.27. The van der Waals surface area contributed by atoms with Gasteiger partial charge in [0.15, 0.2) is 0 Å². The molecule has 98 valence electrons. The smallest absolute Gasteiger partial charge is 0.226 e. The van der Waals surface area contributed by atoms with Gasteiger partial charge in [0.1, 0.15) is 0 Å². The molecule has 18 heavy (non-hydrogen) atoms. The normalized spacial score (nSPS) is 23.6. The molecular formula is C14H21N3O. The molecule has 1 fully saturated rings. The van der Waals surface area contributed by atoms with Gasteiger partial charge < -0.3 is 11.1 Å². The minimum Gasteiger partial charge on any atom is -0.397 e. The Bertz CT molecular complexity index is 394.